The SMILES string of the molecule is CCc1ccccc1-c1cnn(C)c1. The monoisotopic (exact) mass is 186 g/mol. The van der Waals surface area contributed by atoms with Crippen LogP contribution in [0.4, 0.5) is 0 Å². The van der Waals surface area contributed by atoms with Crippen molar-refractivity contribution in [3.63, 3.8) is 0 Å². The third kappa shape index (κ3) is 1.55. The highest BCUT2D eigenvalue weighted by atomic mass is 15.2. The van der Waals surface area contributed by atoms with E-state index in [-0.39, 0.29) is 0 Å². The summed E-state index contributed by atoms with van der Waals surface area (Å²) < 4.78 is 1.84. The average molecular weight is 186 g/mol. The number of benzene rings is 1. The van der Waals surface area contributed by atoms with E-state index in [9.17, 15) is 0 Å². The molecule has 0 unspecified atom stereocenters. The maximum atomic E-state index is 4.19. The molecule has 72 valence electrons. The molecule has 0 aliphatic carbocycles. The minimum absolute atomic E-state index is 1.06. The van der Waals surface area contributed by atoms with Crippen LogP contribution in [0.2, 0.25) is 0 Å². The summed E-state index contributed by atoms with van der Waals surface area (Å²) in [6, 6.07) is 8.47. The lowest BCUT2D eigenvalue weighted by atomic mass is 10.0. The smallest absolute Gasteiger partial charge is 0.0568 e. The number of hydrogen-bond donors (Lipinski definition) is 0. The molecule has 0 radical (unpaired) electrons. The minimum Gasteiger partial charge on any atom is -0.275 e. The predicted molar refractivity (Wildman–Crippen MR) is 58.0 cm³/mol. The molecule has 0 saturated carbocycles. The highest BCUT2D eigenvalue weighted by Crippen LogP contribution is 2.22. The molecule has 0 bridgehead atoms. The molecule has 0 spiro atoms. The molecule has 0 aliphatic rings. The molecule has 2 aromatic rings. The van der Waals surface area contributed by atoms with Crippen molar-refractivity contribution in [2.45, 2.75) is 13.3 Å². The van der Waals surface area contributed by atoms with E-state index in [4.69, 9.17) is 0 Å². The standard InChI is InChI=1S/C12H14N2/c1-3-10-6-4-5-7-12(10)11-8-13-14(2)9-11/h4-9H,3H2,1-2H3. The van der Waals surface area contributed by atoms with E-state index in [1.807, 2.05) is 17.9 Å². The Balaban J connectivity index is 2.50. The van der Waals surface area contributed by atoms with Gasteiger partial charge in [0.1, 0.15) is 0 Å². The highest BCUT2D eigenvalue weighted by Gasteiger charge is 2.03. The van der Waals surface area contributed by atoms with E-state index >= 15 is 0 Å². The zero-order chi connectivity index (χ0) is 9.97. The van der Waals surface area contributed by atoms with Crippen LogP contribution in [0.15, 0.2) is 36.7 Å². The summed E-state index contributed by atoms with van der Waals surface area (Å²) in [4.78, 5) is 0. The van der Waals surface area contributed by atoms with Crippen LogP contribution in [0.1, 0.15) is 12.5 Å². The van der Waals surface area contributed by atoms with Gasteiger partial charge in [-0.05, 0) is 17.5 Å². The zero-order valence-electron chi connectivity index (χ0n) is 8.57. The normalized spacial score (nSPS) is 10.4. The van der Waals surface area contributed by atoms with Crippen LogP contribution in [0.5, 0.6) is 0 Å². The van der Waals surface area contributed by atoms with E-state index in [0.29, 0.717) is 0 Å². The van der Waals surface area contributed by atoms with Gasteiger partial charge in [0.05, 0.1) is 6.20 Å². The first-order valence-corrected chi connectivity index (χ1v) is 4.88. The molecule has 1 aromatic heterocycles. The Bertz CT molecular complexity index is 429. The molecule has 2 rings (SSSR count). The van der Waals surface area contributed by atoms with E-state index < -0.39 is 0 Å². The molecule has 0 aliphatic heterocycles. The summed E-state index contributed by atoms with van der Waals surface area (Å²) in [5, 5.41) is 4.19. The largest absolute Gasteiger partial charge is 0.275 e. The highest BCUT2D eigenvalue weighted by molar-refractivity contribution is 5.65. The summed E-state index contributed by atoms with van der Waals surface area (Å²) >= 11 is 0. The number of aromatic nitrogens is 2. The second-order valence-electron chi connectivity index (χ2n) is 3.41. The molecule has 0 N–H and O–H groups in total. The van der Waals surface area contributed by atoms with Crippen LogP contribution in [0, 0.1) is 0 Å². The Kier molecular flexibility index (Phi) is 2.35. The van der Waals surface area contributed by atoms with Crippen molar-refractivity contribution in [2.24, 2.45) is 7.05 Å². The first-order chi connectivity index (χ1) is 6.81. The van der Waals surface area contributed by atoms with Gasteiger partial charge in [0.25, 0.3) is 0 Å². The molecule has 0 amide bonds. The zero-order valence-corrected chi connectivity index (χ0v) is 8.57. The molecule has 0 fully saturated rings. The summed E-state index contributed by atoms with van der Waals surface area (Å²) in [7, 11) is 1.94. The fraction of sp³-hybridized carbons (Fsp3) is 0.250. The molecule has 0 atom stereocenters. The fourth-order valence-corrected chi connectivity index (χ4v) is 1.67. The maximum absolute atomic E-state index is 4.19. The third-order valence-corrected chi connectivity index (χ3v) is 2.41. The minimum atomic E-state index is 1.06. The third-order valence-electron chi connectivity index (χ3n) is 2.41. The Morgan fingerprint density at radius 3 is 2.71 bits per heavy atom. The Morgan fingerprint density at radius 2 is 2.07 bits per heavy atom. The summed E-state index contributed by atoms with van der Waals surface area (Å²) in [5.74, 6) is 0. The van der Waals surface area contributed by atoms with Crippen LogP contribution in [0.3, 0.4) is 0 Å². The van der Waals surface area contributed by atoms with Crippen LogP contribution >= 0.6 is 0 Å². The molecule has 2 heteroatoms. The van der Waals surface area contributed by atoms with Gasteiger partial charge in [-0.25, -0.2) is 0 Å². The number of rotatable bonds is 2. The van der Waals surface area contributed by atoms with Crippen molar-refractivity contribution < 1.29 is 0 Å². The summed E-state index contributed by atoms with van der Waals surface area (Å²) in [5.41, 5.74) is 3.87. The second-order valence-corrected chi connectivity index (χ2v) is 3.41. The van der Waals surface area contributed by atoms with Crippen molar-refractivity contribution in [1.82, 2.24) is 9.78 Å². The summed E-state index contributed by atoms with van der Waals surface area (Å²) in [6.45, 7) is 2.18. The van der Waals surface area contributed by atoms with E-state index in [2.05, 4.69) is 42.5 Å². The molecular formula is C12H14N2. The van der Waals surface area contributed by atoms with Crippen molar-refractivity contribution >= 4 is 0 Å². The average Bonchev–Trinajstić information content (AvgIpc) is 2.65. The van der Waals surface area contributed by atoms with Crippen LogP contribution in [-0.2, 0) is 13.5 Å². The quantitative estimate of drug-likeness (QED) is 0.705. The number of nitrogens with zero attached hydrogens (tertiary/aromatic N) is 2. The Morgan fingerprint density at radius 1 is 1.29 bits per heavy atom. The van der Waals surface area contributed by atoms with Gasteiger partial charge in [-0.15, -0.1) is 0 Å². The lowest BCUT2D eigenvalue weighted by molar-refractivity contribution is 0.768. The van der Waals surface area contributed by atoms with Gasteiger partial charge in [-0.3, -0.25) is 4.68 Å². The van der Waals surface area contributed by atoms with Gasteiger partial charge in [0.15, 0.2) is 0 Å². The molecular weight excluding hydrogens is 172 g/mol. The van der Waals surface area contributed by atoms with Crippen LogP contribution in [-0.4, -0.2) is 9.78 Å². The Hall–Kier alpha value is -1.57. The number of aryl methyl sites for hydroxylation is 2. The lowest BCUT2D eigenvalue weighted by Gasteiger charge is -2.03. The van der Waals surface area contributed by atoms with E-state index in [0.717, 1.165) is 6.42 Å². The van der Waals surface area contributed by atoms with Crippen molar-refractivity contribution in [2.75, 3.05) is 0 Å². The van der Waals surface area contributed by atoms with E-state index in [1.54, 1.807) is 0 Å². The Labute approximate surface area is 84.2 Å². The van der Waals surface area contributed by atoms with Crippen molar-refractivity contribution in [1.29, 1.82) is 0 Å². The van der Waals surface area contributed by atoms with Crippen molar-refractivity contribution in [3.8, 4) is 11.1 Å². The van der Waals surface area contributed by atoms with Crippen LogP contribution in [0.25, 0.3) is 11.1 Å². The first kappa shape index (κ1) is 9.00. The lowest BCUT2D eigenvalue weighted by Crippen LogP contribution is -1.86. The topological polar surface area (TPSA) is 17.8 Å². The fourth-order valence-electron chi connectivity index (χ4n) is 1.67. The van der Waals surface area contributed by atoms with E-state index in [1.165, 1.54) is 16.7 Å². The predicted octanol–water partition coefficient (Wildman–Crippen LogP) is 2.65. The molecule has 2 nitrogen and oxygen atoms in total. The van der Waals surface area contributed by atoms with Gasteiger partial charge in [-0.1, -0.05) is 31.2 Å². The van der Waals surface area contributed by atoms with Gasteiger partial charge in [-0.2, -0.15) is 5.10 Å². The van der Waals surface area contributed by atoms with Gasteiger partial charge in [0, 0.05) is 18.8 Å². The molecule has 0 saturated heterocycles. The van der Waals surface area contributed by atoms with Crippen molar-refractivity contribution in [3.05, 3.63) is 42.2 Å². The summed E-state index contributed by atoms with van der Waals surface area (Å²) in [6.07, 6.45) is 5.02. The van der Waals surface area contributed by atoms with Gasteiger partial charge < -0.3 is 0 Å². The molecule has 1 aromatic carbocycles. The second kappa shape index (κ2) is 3.66. The number of hydrogen-bond acceptors (Lipinski definition) is 1. The first-order valence-electron chi connectivity index (χ1n) is 4.88. The van der Waals surface area contributed by atoms with Gasteiger partial charge in [0.2, 0.25) is 0 Å². The molecule has 14 heavy (non-hydrogen) atoms. The van der Waals surface area contributed by atoms with Gasteiger partial charge >= 0.3 is 0 Å². The van der Waals surface area contributed by atoms with Crippen LogP contribution < -0.4 is 0 Å². The maximum Gasteiger partial charge on any atom is 0.0568 e. The molecule has 1 heterocycles.